The highest BCUT2D eigenvalue weighted by molar-refractivity contribution is 9.10. The van der Waals surface area contributed by atoms with Crippen molar-refractivity contribution in [2.24, 2.45) is 0 Å². The van der Waals surface area contributed by atoms with Crippen molar-refractivity contribution in [2.75, 3.05) is 12.4 Å². The SMILES string of the molecule is COC(=O)CC(C)Nc1ncc([N+](=O)[O-])c(C)c1Br. The Bertz CT molecular complexity index is 507. The maximum absolute atomic E-state index is 11.1. The van der Waals surface area contributed by atoms with Crippen molar-refractivity contribution in [3.8, 4) is 0 Å². The summed E-state index contributed by atoms with van der Waals surface area (Å²) >= 11 is 3.27. The first kappa shape index (κ1) is 15.4. The van der Waals surface area contributed by atoms with Crippen LogP contribution in [0.5, 0.6) is 0 Å². The number of rotatable bonds is 5. The molecule has 0 fully saturated rings. The molecular formula is C11H14BrN3O4. The van der Waals surface area contributed by atoms with Crippen LogP contribution in [-0.4, -0.2) is 29.0 Å². The van der Waals surface area contributed by atoms with Crippen LogP contribution in [0.3, 0.4) is 0 Å². The average molecular weight is 332 g/mol. The van der Waals surface area contributed by atoms with Crippen LogP contribution in [0.15, 0.2) is 10.7 Å². The molecule has 0 aliphatic rings. The fraction of sp³-hybridized carbons (Fsp3) is 0.455. The highest BCUT2D eigenvalue weighted by Crippen LogP contribution is 2.30. The first-order valence-corrected chi connectivity index (χ1v) is 6.29. The number of carbonyl (C=O) groups excluding carboxylic acids is 1. The van der Waals surface area contributed by atoms with Gasteiger partial charge in [0.1, 0.15) is 12.0 Å². The molecule has 0 spiro atoms. The van der Waals surface area contributed by atoms with E-state index in [-0.39, 0.29) is 24.1 Å². The van der Waals surface area contributed by atoms with Crippen LogP contribution in [0.1, 0.15) is 18.9 Å². The summed E-state index contributed by atoms with van der Waals surface area (Å²) in [6.45, 7) is 3.42. The number of esters is 1. The predicted octanol–water partition coefficient (Wildman–Crippen LogP) is 2.42. The van der Waals surface area contributed by atoms with Crippen molar-refractivity contribution in [1.82, 2.24) is 4.98 Å². The summed E-state index contributed by atoms with van der Waals surface area (Å²) < 4.78 is 5.08. The summed E-state index contributed by atoms with van der Waals surface area (Å²) in [6.07, 6.45) is 1.37. The topological polar surface area (TPSA) is 94.4 Å². The van der Waals surface area contributed by atoms with Gasteiger partial charge >= 0.3 is 5.97 Å². The highest BCUT2D eigenvalue weighted by atomic mass is 79.9. The molecule has 0 saturated carbocycles. The third-order valence-corrected chi connectivity index (χ3v) is 3.49. The molecule has 1 rings (SSSR count). The first-order chi connectivity index (χ1) is 8.86. The molecule has 1 N–H and O–H groups in total. The molecule has 8 heteroatoms. The Balaban J connectivity index is 2.88. The number of ether oxygens (including phenoxy) is 1. The number of nitrogens with zero attached hydrogens (tertiary/aromatic N) is 2. The maximum Gasteiger partial charge on any atom is 0.307 e. The van der Waals surface area contributed by atoms with E-state index in [9.17, 15) is 14.9 Å². The molecule has 0 radical (unpaired) electrons. The van der Waals surface area contributed by atoms with Crippen LogP contribution in [0.2, 0.25) is 0 Å². The average Bonchev–Trinajstić information content (AvgIpc) is 2.34. The van der Waals surface area contributed by atoms with Gasteiger partial charge in [0, 0.05) is 11.6 Å². The molecule has 7 nitrogen and oxygen atoms in total. The van der Waals surface area contributed by atoms with Gasteiger partial charge in [0.25, 0.3) is 5.69 Å². The minimum absolute atomic E-state index is 0.0574. The molecule has 19 heavy (non-hydrogen) atoms. The van der Waals surface area contributed by atoms with Crippen LogP contribution >= 0.6 is 15.9 Å². The number of halogens is 1. The van der Waals surface area contributed by atoms with Gasteiger partial charge in [-0.1, -0.05) is 0 Å². The standard InChI is InChI=1S/C11H14BrN3O4/c1-6(4-9(16)19-3)14-11-10(12)7(2)8(5-13-11)15(17)18/h5-6H,4H2,1-3H3,(H,13,14). The van der Waals surface area contributed by atoms with E-state index >= 15 is 0 Å². The Kier molecular flexibility index (Phi) is 5.22. The van der Waals surface area contributed by atoms with Crippen molar-refractivity contribution < 1.29 is 14.5 Å². The molecule has 0 amide bonds. The molecule has 0 aromatic carbocycles. The first-order valence-electron chi connectivity index (χ1n) is 5.49. The Morgan fingerprint density at radius 2 is 2.32 bits per heavy atom. The molecule has 0 aliphatic heterocycles. The zero-order chi connectivity index (χ0) is 14.6. The van der Waals surface area contributed by atoms with E-state index in [0.29, 0.717) is 15.9 Å². The second-order valence-corrected chi connectivity index (χ2v) is 4.81. The molecule has 1 atom stereocenters. The molecule has 1 aromatic heterocycles. The van der Waals surface area contributed by atoms with Crippen molar-refractivity contribution in [3.05, 3.63) is 26.3 Å². The zero-order valence-corrected chi connectivity index (χ0v) is 12.4. The smallest absolute Gasteiger partial charge is 0.307 e. The van der Waals surface area contributed by atoms with Gasteiger partial charge in [0.2, 0.25) is 0 Å². The lowest BCUT2D eigenvalue weighted by Gasteiger charge is -2.15. The van der Waals surface area contributed by atoms with Crippen LogP contribution in [0, 0.1) is 17.0 Å². The monoisotopic (exact) mass is 331 g/mol. The van der Waals surface area contributed by atoms with E-state index in [1.807, 2.05) is 0 Å². The van der Waals surface area contributed by atoms with Crippen molar-refractivity contribution in [1.29, 1.82) is 0 Å². The number of hydrogen-bond donors (Lipinski definition) is 1. The summed E-state index contributed by atoms with van der Waals surface area (Å²) in [6, 6.07) is -0.197. The van der Waals surface area contributed by atoms with Crippen LogP contribution in [0.4, 0.5) is 11.5 Å². The fourth-order valence-corrected chi connectivity index (χ4v) is 1.89. The highest BCUT2D eigenvalue weighted by Gasteiger charge is 2.18. The van der Waals surface area contributed by atoms with Crippen LogP contribution in [-0.2, 0) is 9.53 Å². The molecule has 0 saturated heterocycles. The number of hydrogen-bond acceptors (Lipinski definition) is 6. The number of nitro groups is 1. The largest absolute Gasteiger partial charge is 0.469 e. The third kappa shape index (κ3) is 3.88. The number of methoxy groups -OCH3 is 1. The van der Waals surface area contributed by atoms with Crippen LogP contribution in [0.25, 0.3) is 0 Å². The molecule has 0 bridgehead atoms. The number of nitrogens with one attached hydrogen (secondary N) is 1. The van der Waals surface area contributed by atoms with Crippen molar-refractivity contribution in [2.45, 2.75) is 26.3 Å². The zero-order valence-electron chi connectivity index (χ0n) is 10.8. The maximum atomic E-state index is 11.1. The Morgan fingerprint density at radius 3 is 2.84 bits per heavy atom. The molecule has 1 unspecified atom stereocenters. The molecular weight excluding hydrogens is 318 g/mol. The molecule has 0 aliphatic carbocycles. The van der Waals surface area contributed by atoms with Gasteiger partial charge in [-0.15, -0.1) is 0 Å². The third-order valence-electron chi connectivity index (χ3n) is 2.52. The molecule has 1 heterocycles. The van der Waals surface area contributed by atoms with Crippen LogP contribution < -0.4 is 5.32 Å². The molecule has 1 aromatic rings. The van der Waals surface area contributed by atoms with E-state index in [1.165, 1.54) is 13.3 Å². The van der Waals surface area contributed by atoms with E-state index in [4.69, 9.17) is 0 Å². The summed E-state index contributed by atoms with van der Waals surface area (Å²) in [7, 11) is 1.32. The van der Waals surface area contributed by atoms with Gasteiger partial charge in [-0.2, -0.15) is 0 Å². The number of aromatic nitrogens is 1. The number of carbonyl (C=O) groups is 1. The van der Waals surface area contributed by atoms with Gasteiger partial charge in [0.05, 0.1) is 22.9 Å². The van der Waals surface area contributed by atoms with E-state index in [0.717, 1.165) is 0 Å². The Labute approximate surface area is 118 Å². The summed E-state index contributed by atoms with van der Waals surface area (Å²) in [5, 5.41) is 13.8. The lowest BCUT2D eigenvalue weighted by Crippen LogP contribution is -2.21. The van der Waals surface area contributed by atoms with E-state index in [2.05, 4.69) is 31.0 Å². The Hall–Kier alpha value is -1.70. The van der Waals surface area contributed by atoms with Gasteiger partial charge in [-0.05, 0) is 29.8 Å². The second kappa shape index (κ2) is 6.46. The molecule has 104 valence electrons. The van der Waals surface area contributed by atoms with Gasteiger partial charge in [-0.25, -0.2) is 4.98 Å². The van der Waals surface area contributed by atoms with E-state index in [1.54, 1.807) is 13.8 Å². The van der Waals surface area contributed by atoms with E-state index < -0.39 is 4.92 Å². The van der Waals surface area contributed by atoms with Crippen molar-refractivity contribution >= 4 is 33.4 Å². The lowest BCUT2D eigenvalue weighted by molar-refractivity contribution is -0.385. The van der Waals surface area contributed by atoms with Gasteiger partial charge in [0.15, 0.2) is 0 Å². The number of anilines is 1. The Morgan fingerprint density at radius 1 is 1.68 bits per heavy atom. The minimum atomic E-state index is -0.491. The van der Waals surface area contributed by atoms with Crippen molar-refractivity contribution in [3.63, 3.8) is 0 Å². The minimum Gasteiger partial charge on any atom is -0.469 e. The summed E-state index contributed by atoms with van der Waals surface area (Å²) in [5.74, 6) is 0.120. The normalized spacial score (nSPS) is 11.8. The van der Waals surface area contributed by atoms with Gasteiger partial charge < -0.3 is 10.1 Å². The quantitative estimate of drug-likeness (QED) is 0.505. The predicted molar refractivity (Wildman–Crippen MR) is 73.0 cm³/mol. The number of pyridine rings is 1. The second-order valence-electron chi connectivity index (χ2n) is 4.01. The summed E-state index contributed by atoms with van der Waals surface area (Å²) in [5.41, 5.74) is 0.422. The fourth-order valence-electron chi connectivity index (χ4n) is 1.47. The van der Waals surface area contributed by atoms with Gasteiger partial charge in [-0.3, -0.25) is 14.9 Å². The summed E-state index contributed by atoms with van der Waals surface area (Å²) in [4.78, 5) is 25.4. The lowest BCUT2D eigenvalue weighted by atomic mass is 10.2.